The van der Waals surface area contributed by atoms with Gasteiger partial charge in [-0.15, -0.1) is 5.10 Å². The van der Waals surface area contributed by atoms with Crippen LogP contribution in [-0.2, 0) is 13.1 Å². The maximum Gasteiger partial charge on any atom is 0.0962 e. The van der Waals surface area contributed by atoms with E-state index in [1.54, 1.807) is 0 Å². The number of fused-ring (bicyclic) bond motifs is 1. The van der Waals surface area contributed by atoms with E-state index in [4.69, 9.17) is 5.73 Å². The first-order valence-electron chi connectivity index (χ1n) is 7.33. The Kier molecular flexibility index (Phi) is 3.81. The van der Waals surface area contributed by atoms with E-state index in [1.165, 1.54) is 32.5 Å². The van der Waals surface area contributed by atoms with Crippen LogP contribution in [0.5, 0.6) is 0 Å². The number of hydrogen-bond donors (Lipinski definition) is 1. The van der Waals surface area contributed by atoms with Gasteiger partial charge < -0.3 is 5.73 Å². The molecule has 2 atom stereocenters. The molecule has 2 N–H and O–H groups in total. The van der Waals surface area contributed by atoms with Gasteiger partial charge in [0, 0.05) is 44.5 Å². The number of aromatic nitrogens is 3. The van der Waals surface area contributed by atoms with Crippen LogP contribution in [0.3, 0.4) is 0 Å². The van der Waals surface area contributed by atoms with Gasteiger partial charge in [0.15, 0.2) is 0 Å². The minimum Gasteiger partial charge on any atom is -0.325 e. The van der Waals surface area contributed by atoms with Crippen LogP contribution in [0.4, 0.5) is 0 Å². The molecule has 6 heteroatoms. The largest absolute Gasteiger partial charge is 0.325 e. The Bertz CT molecular complexity index is 417. The van der Waals surface area contributed by atoms with Crippen molar-refractivity contribution < 1.29 is 0 Å². The number of hydrogen-bond acceptors (Lipinski definition) is 5. The molecular formula is C13H24N6. The van der Waals surface area contributed by atoms with Crippen molar-refractivity contribution in [3.8, 4) is 0 Å². The fourth-order valence-corrected chi connectivity index (χ4v) is 3.33. The lowest BCUT2D eigenvalue weighted by atomic mass is 10.1. The molecule has 1 aromatic rings. The smallest absolute Gasteiger partial charge is 0.0962 e. The van der Waals surface area contributed by atoms with E-state index in [2.05, 4.69) is 27.0 Å². The minimum atomic E-state index is 0.469. The summed E-state index contributed by atoms with van der Waals surface area (Å²) in [7, 11) is 0. The molecule has 0 saturated carbocycles. The molecule has 1 aromatic heterocycles. The van der Waals surface area contributed by atoms with Gasteiger partial charge in [-0.1, -0.05) is 5.21 Å². The predicted molar refractivity (Wildman–Crippen MR) is 73.5 cm³/mol. The molecule has 2 unspecified atom stereocenters. The zero-order valence-corrected chi connectivity index (χ0v) is 11.7. The highest BCUT2D eigenvalue weighted by atomic mass is 15.4. The molecule has 19 heavy (non-hydrogen) atoms. The summed E-state index contributed by atoms with van der Waals surface area (Å²) in [6.07, 6.45) is 4.69. The molecule has 2 aliphatic rings. The van der Waals surface area contributed by atoms with E-state index in [1.807, 2.05) is 10.9 Å². The van der Waals surface area contributed by atoms with E-state index in [0.717, 1.165) is 24.8 Å². The third kappa shape index (κ3) is 2.80. The highest BCUT2D eigenvalue weighted by Gasteiger charge is 2.33. The Balaban J connectivity index is 1.54. The van der Waals surface area contributed by atoms with Gasteiger partial charge in [-0.25, -0.2) is 0 Å². The van der Waals surface area contributed by atoms with Crippen molar-refractivity contribution in [2.75, 3.05) is 26.2 Å². The SMILES string of the molecule is CC1CN2CCCC2CN1CCn1cc(CN)nn1. The lowest BCUT2D eigenvalue weighted by Gasteiger charge is -2.42. The van der Waals surface area contributed by atoms with E-state index < -0.39 is 0 Å². The van der Waals surface area contributed by atoms with Crippen LogP contribution in [-0.4, -0.2) is 63.1 Å². The zero-order valence-electron chi connectivity index (χ0n) is 11.7. The molecule has 3 heterocycles. The maximum absolute atomic E-state index is 5.55. The van der Waals surface area contributed by atoms with Gasteiger partial charge in [0.1, 0.15) is 0 Å². The van der Waals surface area contributed by atoms with Crippen molar-refractivity contribution in [3.63, 3.8) is 0 Å². The third-order valence-corrected chi connectivity index (χ3v) is 4.48. The molecule has 2 fully saturated rings. The van der Waals surface area contributed by atoms with Crippen molar-refractivity contribution in [2.24, 2.45) is 5.73 Å². The van der Waals surface area contributed by atoms with Gasteiger partial charge in [-0.05, 0) is 26.3 Å². The van der Waals surface area contributed by atoms with Gasteiger partial charge in [0.2, 0.25) is 0 Å². The highest BCUT2D eigenvalue weighted by molar-refractivity contribution is 4.92. The summed E-state index contributed by atoms with van der Waals surface area (Å²) in [6, 6.07) is 1.43. The Labute approximate surface area is 114 Å². The van der Waals surface area contributed by atoms with Crippen molar-refractivity contribution in [1.29, 1.82) is 0 Å². The second kappa shape index (κ2) is 5.56. The van der Waals surface area contributed by atoms with E-state index in [-0.39, 0.29) is 0 Å². The summed E-state index contributed by atoms with van der Waals surface area (Å²) in [5, 5.41) is 8.14. The molecular weight excluding hydrogens is 240 g/mol. The Morgan fingerprint density at radius 1 is 1.37 bits per heavy atom. The van der Waals surface area contributed by atoms with Crippen LogP contribution in [0.15, 0.2) is 6.20 Å². The summed E-state index contributed by atoms with van der Waals surface area (Å²) in [6.45, 7) is 8.49. The zero-order chi connectivity index (χ0) is 13.2. The molecule has 3 rings (SSSR count). The highest BCUT2D eigenvalue weighted by Crippen LogP contribution is 2.24. The molecule has 0 bridgehead atoms. The summed E-state index contributed by atoms with van der Waals surface area (Å²) in [5.74, 6) is 0. The Hall–Kier alpha value is -0.980. The summed E-state index contributed by atoms with van der Waals surface area (Å²) in [4.78, 5) is 5.25. The number of piperazine rings is 1. The molecule has 0 radical (unpaired) electrons. The first kappa shape index (κ1) is 13.0. The Morgan fingerprint density at radius 2 is 2.26 bits per heavy atom. The average molecular weight is 264 g/mol. The van der Waals surface area contributed by atoms with Crippen molar-refractivity contribution in [2.45, 2.75) is 44.9 Å². The number of nitrogens with two attached hydrogens (primary N) is 1. The van der Waals surface area contributed by atoms with E-state index in [9.17, 15) is 0 Å². The average Bonchev–Trinajstić information content (AvgIpc) is 3.03. The van der Waals surface area contributed by atoms with Crippen molar-refractivity contribution >= 4 is 0 Å². The Morgan fingerprint density at radius 3 is 3.05 bits per heavy atom. The van der Waals surface area contributed by atoms with E-state index >= 15 is 0 Å². The van der Waals surface area contributed by atoms with Crippen LogP contribution in [0.25, 0.3) is 0 Å². The van der Waals surface area contributed by atoms with Crippen LogP contribution in [0.1, 0.15) is 25.5 Å². The first-order valence-corrected chi connectivity index (χ1v) is 7.33. The van der Waals surface area contributed by atoms with Crippen LogP contribution >= 0.6 is 0 Å². The quantitative estimate of drug-likeness (QED) is 0.823. The van der Waals surface area contributed by atoms with Gasteiger partial charge in [-0.2, -0.15) is 0 Å². The monoisotopic (exact) mass is 264 g/mol. The summed E-state index contributed by atoms with van der Waals surface area (Å²) >= 11 is 0. The second-order valence-electron chi connectivity index (χ2n) is 5.81. The molecule has 2 aliphatic heterocycles. The minimum absolute atomic E-state index is 0.469. The van der Waals surface area contributed by atoms with E-state index in [0.29, 0.717) is 12.6 Å². The van der Waals surface area contributed by atoms with Crippen molar-refractivity contribution in [3.05, 3.63) is 11.9 Å². The van der Waals surface area contributed by atoms with Gasteiger partial charge in [0.05, 0.1) is 12.2 Å². The van der Waals surface area contributed by atoms with Gasteiger partial charge in [-0.3, -0.25) is 14.5 Å². The van der Waals surface area contributed by atoms with Crippen LogP contribution < -0.4 is 5.73 Å². The number of nitrogens with zero attached hydrogens (tertiary/aromatic N) is 5. The molecule has 0 aliphatic carbocycles. The first-order chi connectivity index (χ1) is 9.26. The van der Waals surface area contributed by atoms with Crippen molar-refractivity contribution in [1.82, 2.24) is 24.8 Å². The summed E-state index contributed by atoms with van der Waals surface area (Å²) in [5.41, 5.74) is 6.42. The fraction of sp³-hybridized carbons (Fsp3) is 0.846. The maximum atomic E-state index is 5.55. The third-order valence-electron chi connectivity index (χ3n) is 4.48. The lowest BCUT2D eigenvalue weighted by Crippen LogP contribution is -2.55. The fourth-order valence-electron chi connectivity index (χ4n) is 3.33. The lowest BCUT2D eigenvalue weighted by molar-refractivity contribution is 0.0563. The molecule has 106 valence electrons. The normalized spacial score (nSPS) is 28.7. The van der Waals surface area contributed by atoms with Gasteiger partial charge >= 0.3 is 0 Å². The van der Waals surface area contributed by atoms with Gasteiger partial charge in [0.25, 0.3) is 0 Å². The molecule has 0 amide bonds. The summed E-state index contributed by atoms with van der Waals surface area (Å²) < 4.78 is 1.91. The topological polar surface area (TPSA) is 63.2 Å². The number of rotatable bonds is 4. The van der Waals surface area contributed by atoms with Crippen LogP contribution in [0.2, 0.25) is 0 Å². The molecule has 6 nitrogen and oxygen atoms in total. The molecule has 0 spiro atoms. The van der Waals surface area contributed by atoms with Crippen LogP contribution in [0, 0.1) is 0 Å². The molecule has 2 saturated heterocycles. The predicted octanol–water partition coefficient (Wildman–Crippen LogP) is -0.0947. The standard InChI is InChI=1S/C13H24N6/c1-11-8-18-4-2-3-13(18)10-17(11)5-6-19-9-12(7-14)15-16-19/h9,11,13H,2-8,10,14H2,1H3. The molecule has 0 aromatic carbocycles. The second-order valence-corrected chi connectivity index (χ2v) is 5.81.